The van der Waals surface area contributed by atoms with E-state index < -0.39 is 17.7 Å². The largest absolute Gasteiger partial charge is 0.465 e. The van der Waals surface area contributed by atoms with E-state index in [1.54, 1.807) is 30.3 Å². The van der Waals surface area contributed by atoms with Gasteiger partial charge in [0.2, 0.25) is 5.76 Å². The Hall–Kier alpha value is -3.48. The summed E-state index contributed by atoms with van der Waals surface area (Å²) in [5, 5.41) is 6.27. The summed E-state index contributed by atoms with van der Waals surface area (Å²) >= 11 is 0. The Bertz CT molecular complexity index is 936. The van der Waals surface area contributed by atoms with Crippen LogP contribution in [0, 0.1) is 5.82 Å². The Morgan fingerprint density at radius 3 is 2.60 bits per heavy atom. The fraction of sp³-hybridized carbons (Fsp3) is 0.0556. The van der Waals surface area contributed by atoms with Crippen molar-refractivity contribution in [2.75, 3.05) is 12.4 Å². The van der Waals surface area contributed by atoms with Crippen molar-refractivity contribution in [1.29, 1.82) is 0 Å². The van der Waals surface area contributed by atoms with Gasteiger partial charge in [-0.3, -0.25) is 4.79 Å². The van der Waals surface area contributed by atoms with Crippen molar-refractivity contribution < 1.29 is 23.2 Å². The first-order valence-corrected chi connectivity index (χ1v) is 7.30. The number of methoxy groups -OCH3 is 1. The highest BCUT2D eigenvalue weighted by Crippen LogP contribution is 2.23. The molecule has 0 aliphatic heterocycles. The van der Waals surface area contributed by atoms with Gasteiger partial charge in [0.25, 0.3) is 5.91 Å². The van der Waals surface area contributed by atoms with Gasteiger partial charge >= 0.3 is 5.97 Å². The van der Waals surface area contributed by atoms with Gasteiger partial charge in [0.1, 0.15) is 11.5 Å². The molecule has 0 fully saturated rings. The van der Waals surface area contributed by atoms with Crippen LogP contribution in [-0.2, 0) is 4.74 Å². The molecule has 0 radical (unpaired) electrons. The normalized spacial score (nSPS) is 10.3. The minimum Gasteiger partial charge on any atom is -0.465 e. The third-order valence-electron chi connectivity index (χ3n) is 3.46. The average Bonchev–Trinajstić information content (AvgIpc) is 3.12. The Morgan fingerprint density at radius 1 is 1.12 bits per heavy atom. The first kappa shape index (κ1) is 16.4. The summed E-state index contributed by atoms with van der Waals surface area (Å²) in [6, 6.07) is 13.7. The summed E-state index contributed by atoms with van der Waals surface area (Å²) in [4.78, 5) is 24.0. The van der Waals surface area contributed by atoms with Crippen molar-refractivity contribution in [1.82, 2.24) is 5.16 Å². The van der Waals surface area contributed by atoms with Crippen LogP contribution in [0.2, 0.25) is 0 Å². The maximum atomic E-state index is 13.8. The molecular formula is C18H13FN2O4. The first-order chi connectivity index (χ1) is 12.1. The number of para-hydroxylation sites is 1. The molecule has 0 saturated carbocycles. The number of amides is 1. The molecule has 3 rings (SSSR count). The van der Waals surface area contributed by atoms with Gasteiger partial charge in [-0.25, -0.2) is 9.18 Å². The van der Waals surface area contributed by atoms with E-state index >= 15 is 0 Å². The van der Waals surface area contributed by atoms with Gasteiger partial charge in [0.05, 0.1) is 18.4 Å². The van der Waals surface area contributed by atoms with Crippen LogP contribution in [-0.4, -0.2) is 24.1 Å². The molecule has 0 aliphatic rings. The first-order valence-electron chi connectivity index (χ1n) is 7.30. The molecule has 7 heteroatoms. The van der Waals surface area contributed by atoms with Gasteiger partial charge in [-0.2, -0.15) is 0 Å². The fourth-order valence-corrected chi connectivity index (χ4v) is 2.24. The van der Waals surface area contributed by atoms with E-state index in [1.165, 1.54) is 31.4 Å². The Labute approximate surface area is 142 Å². The molecule has 0 saturated heterocycles. The predicted octanol–water partition coefficient (Wildman–Crippen LogP) is 3.52. The van der Waals surface area contributed by atoms with E-state index in [1.807, 2.05) is 0 Å². The minimum atomic E-state index is -0.619. The van der Waals surface area contributed by atoms with Crippen molar-refractivity contribution in [3.63, 3.8) is 0 Å². The molecular weight excluding hydrogens is 327 g/mol. The Morgan fingerprint density at radius 2 is 1.84 bits per heavy atom. The third-order valence-corrected chi connectivity index (χ3v) is 3.46. The number of carbonyl (C=O) groups is 2. The molecule has 0 bridgehead atoms. The Kier molecular flexibility index (Phi) is 4.56. The lowest BCUT2D eigenvalue weighted by Crippen LogP contribution is -2.14. The molecule has 1 aromatic heterocycles. The van der Waals surface area contributed by atoms with Gasteiger partial charge in [-0.1, -0.05) is 29.4 Å². The molecule has 0 aliphatic carbocycles. The van der Waals surface area contributed by atoms with E-state index in [2.05, 4.69) is 15.2 Å². The summed E-state index contributed by atoms with van der Waals surface area (Å²) in [7, 11) is 1.25. The fourth-order valence-electron chi connectivity index (χ4n) is 2.24. The minimum absolute atomic E-state index is 0.113. The number of halogens is 1. The maximum absolute atomic E-state index is 13.8. The number of carbonyl (C=O) groups excluding carboxylic acids is 2. The van der Waals surface area contributed by atoms with E-state index in [4.69, 9.17) is 4.52 Å². The summed E-state index contributed by atoms with van der Waals surface area (Å²) < 4.78 is 23.4. The van der Waals surface area contributed by atoms with Crippen LogP contribution < -0.4 is 5.32 Å². The maximum Gasteiger partial charge on any atom is 0.339 e. The molecule has 3 aromatic rings. The number of anilines is 1. The van der Waals surface area contributed by atoms with Crippen LogP contribution in [0.3, 0.4) is 0 Å². The van der Waals surface area contributed by atoms with Crippen molar-refractivity contribution in [2.24, 2.45) is 0 Å². The second-order valence-corrected chi connectivity index (χ2v) is 5.05. The summed E-state index contributed by atoms with van der Waals surface area (Å²) in [6.07, 6.45) is 0. The Balaban J connectivity index is 1.84. The topological polar surface area (TPSA) is 81.4 Å². The van der Waals surface area contributed by atoms with Crippen LogP contribution in [0.25, 0.3) is 11.3 Å². The lowest BCUT2D eigenvalue weighted by atomic mass is 10.1. The number of esters is 1. The number of aromatic nitrogens is 1. The average molecular weight is 340 g/mol. The predicted molar refractivity (Wildman–Crippen MR) is 87.6 cm³/mol. The quantitative estimate of drug-likeness (QED) is 0.735. The monoisotopic (exact) mass is 340 g/mol. The number of nitrogens with one attached hydrogen (secondary N) is 1. The highest BCUT2D eigenvalue weighted by atomic mass is 19.1. The zero-order valence-electron chi connectivity index (χ0n) is 13.2. The second kappa shape index (κ2) is 6.96. The van der Waals surface area contributed by atoms with Crippen molar-refractivity contribution in [3.8, 4) is 11.3 Å². The zero-order valence-corrected chi connectivity index (χ0v) is 13.2. The molecule has 0 spiro atoms. The van der Waals surface area contributed by atoms with E-state index in [0.29, 0.717) is 0 Å². The number of benzene rings is 2. The number of rotatable bonds is 4. The van der Waals surface area contributed by atoms with Crippen molar-refractivity contribution in [2.45, 2.75) is 0 Å². The summed E-state index contributed by atoms with van der Waals surface area (Å²) in [6.45, 7) is 0. The van der Waals surface area contributed by atoms with Gasteiger partial charge in [0.15, 0.2) is 0 Å². The third kappa shape index (κ3) is 3.40. The van der Waals surface area contributed by atoms with Crippen molar-refractivity contribution >= 4 is 17.6 Å². The van der Waals surface area contributed by atoms with Gasteiger partial charge in [-0.15, -0.1) is 0 Å². The molecule has 0 unspecified atom stereocenters. The van der Waals surface area contributed by atoms with E-state index in [9.17, 15) is 14.0 Å². The van der Waals surface area contributed by atoms with Gasteiger partial charge in [-0.05, 0) is 24.3 Å². The number of hydrogen-bond acceptors (Lipinski definition) is 5. The molecule has 25 heavy (non-hydrogen) atoms. The number of ether oxygens (including phenoxy) is 1. The van der Waals surface area contributed by atoms with Crippen LogP contribution in [0.15, 0.2) is 59.1 Å². The highest BCUT2D eigenvalue weighted by Gasteiger charge is 2.19. The van der Waals surface area contributed by atoms with Crippen LogP contribution in [0.5, 0.6) is 0 Å². The van der Waals surface area contributed by atoms with Gasteiger partial charge < -0.3 is 14.6 Å². The molecule has 1 amide bonds. The summed E-state index contributed by atoms with van der Waals surface area (Å²) in [5.41, 5.74) is 0.889. The highest BCUT2D eigenvalue weighted by molar-refractivity contribution is 6.06. The number of hydrogen-bond donors (Lipinski definition) is 1. The molecule has 126 valence electrons. The number of nitrogens with zero attached hydrogens (tertiary/aromatic N) is 1. The smallest absolute Gasteiger partial charge is 0.339 e. The van der Waals surface area contributed by atoms with Crippen LogP contribution in [0.1, 0.15) is 20.9 Å². The van der Waals surface area contributed by atoms with Crippen LogP contribution in [0.4, 0.5) is 10.1 Å². The summed E-state index contributed by atoms with van der Waals surface area (Å²) in [5.74, 6) is -1.79. The molecule has 1 N–H and O–H groups in total. The molecule has 0 atom stereocenters. The zero-order chi connectivity index (χ0) is 17.8. The van der Waals surface area contributed by atoms with E-state index in [0.717, 1.165) is 0 Å². The van der Waals surface area contributed by atoms with Gasteiger partial charge in [0, 0.05) is 11.6 Å². The SMILES string of the molecule is COC(=O)c1ccccc1NC(=O)c1cc(-c2ccccc2F)no1. The lowest BCUT2D eigenvalue weighted by molar-refractivity contribution is 0.0602. The lowest BCUT2D eigenvalue weighted by Gasteiger charge is -2.07. The van der Waals surface area contributed by atoms with Crippen molar-refractivity contribution in [3.05, 3.63) is 71.7 Å². The van der Waals surface area contributed by atoms with E-state index in [-0.39, 0.29) is 28.3 Å². The standard InChI is InChI=1S/C18H13FN2O4/c1-24-18(23)12-7-3-5-9-14(12)20-17(22)16-10-15(21-25-16)11-6-2-4-8-13(11)19/h2-10H,1H3,(H,20,22). The molecule has 2 aromatic carbocycles. The van der Waals surface area contributed by atoms with Crippen LogP contribution >= 0.6 is 0 Å². The molecule has 6 nitrogen and oxygen atoms in total. The molecule has 1 heterocycles. The second-order valence-electron chi connectivity index (χ2n) is 5.05.